The molecule has 1 saturated heterocycles. The van der Waals surface area contributed by atoms with Crippen molar-refractivity contribution < 1.29 is 9.53 Å². The lowest BCUT2D eigenvalue weighted by molar-refractivity contribution is -0.150. The number of hydrogen-bond donors (Lipinski definition) is 0. The van der Waals surface area contributed by atoms with E-state index in [-0.39, 0.29) is 12.0 Å². The normalized spacial score (nSPS) is 34.2. The highest BCUT2D eigenvalue weighted by Gasteiger charge is 2.35. The summed E-state index contributed by atoms with van der Waals surface area (Å²) < 4.78 is 4.97. The summed E-state index contributed by atoms with van der Waals surface area (Å²) in [5.74, 6) is 0.898. The van der Waals surface area contributed by atoms with Crippen LogP contribution in [0.25, 0.3) is 0 Å². The summed E-state index contributed by atoms with van der Waals surface area (Å²) >= 11 is 0. The molecule has 0 N–H and O–H groups in total. The van der Waals surface area contributed by atoms with E-state index < -0.39 is 0 Å². The van der Waals surface area contributed by atoms with E-state index in [1.165, 1.54) is 52.1 Å². The molecule has 1 atom stereocenters. The molecule has 2 aliphatic rings. The molecule has 0 amide bonds. The summed E-state index contributed by atoms with van der Waals surface area (Å²) in [4.78, 5) is 14.3. The Balaban J connectivity index is 1.95. The van der Waals surface area contributed by atoms with Crippen LogP contribution in [0.15, 0.2) is 0 Å². The van der Waals surface area contributed by atoms with E-state index in [1.807, 2.05) is 0 Å². The Kier molecular flexibility index (Phi) is 5.04. The fraction of sp³-hybridized carbons (Fsp3) is 0.933. The summed E-state index contributed by atoms with van der Waals surface area (Å²) in [6, 6.07) is 0.657. The Morgan fingerprint density at radius 3 is 2.50 bits per heavy atom. The van der Waals surface area contributed by atoms with Crippen LogP contribution in [0.5, 0.6) is 0 Å². The van der Waals surface area contributed by atoms with Crippen molar-refractivity contribution in [2.24, 2.45) is 5.92 Å². The number of rotatable bonds is 3. The average Bonchev–Trinajstić information content (AvgIpc) is 2.46. The van der Waals surface area contributed by atoms with Crippen LogP contribution in [-0.2, 0) is 9.53 Å². The maximum Gasteiger partial charge on any atom is 0.323 e. The van der Waals surface area contributed by atoms with Crippen LogP contribution in [-0.4, -0.2) is 36.6 Å². The molecular weight excluding hydrogens is 226 g/mol. The maximum absolute atomic E-state index is 11.9. The predicted molar refractivity (Wildman–Crippen MR) is 72.4 cm³/mol. The minimum absolute atomic E-state index is 0.0210. The summed E-state index contributed by atoms with van der Waals surface area (Å²) in [6.07, 6.45) is 9.92. The first-order chi connectivity index (χ1) is 8.76. The van der Waals surface area contributed by atoms with Crippen molar-refractivity contribution in [1.82, 2.24) is 4.90 Å². The minimum Gasteiger partial charge on any atom is -0.468 e. The van der Waals surface area contributed by atoms with Crippen LogP contribution in [0.2, 0.25) is 0 Å². The van der Waals surface area contributed by atoms with Gasteiger partial charge in [-0.1, -0.05) is 19.8 Å². The van der Waals surface area contributed by atoms with Gasteiger partial charge >= 0.3 is 5.97 Å². The third-order valence-electron chi connectivity index (χ3n) is 4.88. The summed E-state index contributed by atoms with van der Waals surface area (Å²) in [6.45, 7) is 3.38. The van der Waals surface area contributed by atoms with Gasteiger partial charge in [0, 0.05) is 6.04 Å². The molecule has 18 heavy (non-hydrogen) atoms. The zero-order chi connectivity index (χ0) is 13.0. The molecule has 0 aromatic carbocycles. The molecule has 1 saturated carbocycles. The molecule has 0 aromatic rings. The van der Waals surface area contributed by atoms with Crippen LogP contribution in [0.1, 0.15) is 58.3 Å². The number of ether oxygens (including phenoxy) is 1. The first-order valence-corrected chi connectivity index (χ1v) is 7.59. The third-order valence-corrected chi connectivity index (χ3v) is 4.88. The predicted octanol–water partition coefficient (Wildman–Crippen LogP) is 2.98. The molecule has 2 rings (SSSR count). The van der Waals surface area contributed by atoms with Crippen molar-refractivity contribution in [3.8, 4) is 0 Å². The van der Waals surface area contributed by atoms with E-state index in [0.717, 1.165) is 18.9 Å². The molecule has 104 valence electrons. The molecule has 1 heterocycles. The van der Waals surface area contributed by atoms with Gasteiger partial charge in [0.2, 0.25) is 0 Å². The van der Waals surface area contributed by atoms with E-state index in [9.17, 15) is 4.79 Å². The summed E-state index contributed by atoms with van der Waals surface area (Å²) in [5, 5.41) is 0. The van der Waals surface area contributed by atoms with Gasteiger partial charge in [-0.25, -0.2) is 0 Å². The van der Waals surface area contributed by atoms with Gasteiger partial charge in [-0.15, -0.1) is 0 Å². The molecule has 1 unspecified atom stereocenters. The number of carbonyl (C=O) groups excluding carboxylic acids is 1. The van der Waals surface area contributed by atoms with Crippen molar-refractivity contribution in [3.63, 3.8) is 0 Å². The number of carbonyl (C=O) groups is 1. The molecular formula is C15H27NO2. The quantitative estimate of drug-likeness (QED) is 0.724. The lowest BCUT2D eigenvalue weighted by Crippen LogP contribution is -2.51. The van der Waals surface area contributed by atoms with Crippen LogP contribution in [0, 0.1) is 5.92 Å². The highest BCUT2D eigenvalue weighted by atomic mass is 16.5. The fourth-order valence-corrected chi connectivity index (χ4v) is 3.66. The Morgan fingerprint density at radius 2 is 1.89 bits per heavy atom. The second kappa shape index (κ2) is 6.55. The van der Waals surface area contributed by atoms with Crippen molar-refractivity contribution >= 4 is 5.97 Å². The number of nitrogens with zero attached hydrogens (tertiary/aromatic N) is 1. The molecule has 0 aromatic heterocycles. The fourth-order valence-electron chi connectivity index (χ4n) is 3.66. The van der Waals surface area contributed by atoms with Gasteiger partial charge in [0.05, 0.1) is 7.11 Å². The number of hydrogen-bond acceptors (Lipinski definition) is 3. The Morgan fingerprint density at radius 1 is 1.17 bits per heavy atom. The van der Waals surface area contributed by atoms with Crippen molar-refractivity contribution in [2.75, 3.05) is 13.7 Å². The lowest BCUT2D eigenvalue weighted by Gasteiger charge is -2.42. The van der Waals surface area contributed by atoms with Gasteiger partial charge in [0.15, 0.2) is 0 Å². The zero-order valence-electron chi connectivity index (χ0n) is 11.9. The topological polar surface area (TPSA) is 29.5 Å². The second-order valence-corrected chi connectivity index (χ2v) is 5.86. The molecule has 1 aliphatic heterocycles. The van der Waals surface area contributed by atoms with Crippen LogP contribution < -0.4 is 0 Å². The molecule has 2 fully saturated rings. The number of piperidine rings is 1. The van der Waals surface area contributed by atoms with Crippen molar-refractivity contribution in [3.05, 3.63) is 0 Å². The molecule has 3 nitrogen and oxygen atoms in total. The Bertz CT molecular complexity index is 272. The molecule has 3 heteroatoms. The molecule has 0 bridgehead atoms. The van der Waals surface area contributed by atoms with Gasteiger partial charge in [0.25, 0.3) is 0 Å². The van der Waals surface area contributed by atoms with Gasteiger partial charge < -0.3 is 4.74 Å². The number of methoxy groups -OCH3 is 1. The molecule has 1 aliphatic carbocycles. The molecule has 0 spiro atoms. The smallest absolute Gasteiger partial charge is 0.323 e. The Labute approximate surface area is 111 Å². The van der Waals surface area contributed by atoms with Crippen LogP contribution in [0.4, 0.5) is 0 Å². The number of likely N-dealkylation sites (tertiary alicyclic amines) is 1. The highest BCUT2D eigenvalue weighted by Crippen LogP contribution is 2.32. The summed E-state index contributed by atoms with van der Waals surface area (Å²) in [7, 11) is 1.52. The van der Waals surface area contributed by atoms with Gasteiger partial charge in [-0.05, 0) is 51.0 Å². The third kappa shape index (κ3) is 3.05. The second-order valence-electron chi connectivity index (χ2n) is 5.86. The maximum atomic E-state index is 11.9. The average molecular weight is 253 g/mol. The van der Waals surface area contributed by atoms with Crippen LogP contribution >= 0.6 is 0 Å². The SMILES string of the molecule is CCC1CCC(N2CCCCC2C(=O)OC)CC1. The number of esters is 1. The van der Waals surface area contributed by atoms with Crippen molar-refractivity contribution in [2.45, 2.75) is 70.4 Å². The monoisotopic (exact) mass is 253 g/mol. The lowest BCUT2D eigenvalue weighted by atomic mass is 9.82. The van der Waals surface area contributed by atoms with Gasteiger partial charge in [0.1, 0.15) is 6.04 Å². The van der Waals surface area contributed by atoms with E-state index in [4.69, 9.17) is 4.74 Å². The largest absolute Gasteiger partial charge is 0.468 e. The van der Waals surface area contributed by atoms with Gasteiger partial charge in [-0.2, -0.15) is 0 Å². The standard InChI is InChI=1S/C15H27NO2/c1-3-12-7-9-13(10-8-12)16-11-5-4-6-14(16)15(17)18-2/h12-14H,3-11H2,1-2H3. The van der Waals surface area contributed by atoms with Crippen molar-refractivity contribution in [1.29, 1.82) is 0 Å². The van der Waals surface area contributed by atoms with Crippen LogP contribution in [0.3, 0.4) is 0 Å². The minimum atomic E-state index is -0.0210. The van der Waals surface area contributed by atoms with E-state index in [1.54, 1.807) is 0 Å². The first kappa shape index (κ1) is 13.9. The first-order valence-electron chi connectivity index (χ1n) is 7.59. The highest BCUT2D eigenvalue weighted by molar-refractivity contribution is 5.75. The summed E-state index contributed by atoms with van der Waals surface area (Å²) in [5.41, 5.74) is 0. The Hall–Kier alpha value is -0.570. The zero-order valence-corrected chi connectivity index (χ0v) is 11.9. The van der Waals surface area contributed by atoms with Gasteiger partial charge in [-0.3, -0.25) is 9.69 Å². The van der Waals surface area contributed by atoms with E-state index in [2.05, 4.69) is 11.8 Å². The molecule has 0 radical (unpaired) electrons. The van der Waals surface area contributed by atoms with E-state index in [0.29, 0.717) is 6.04 Å². The van der Waals surface area contributed by atoms with E-state index >= 15 is 0 Å².